The number of halogens is 2. The molecule has 0 spiro atoms. The van der Waals surface area contributed by atoms with Crippen molar-refractivity contribution in [1.29, 1.82) is 0 Å². The second kappa shape index (κ2) is 4.60. The predicted octanol–water partition coefficient (Wildman–Crippen LogP) is 3.29. The maximum Gasteiger partial charge on any atom is 0.138 e. The Bertz CT molecular complexity index is 354. The van der Waals surface area contributed by atoms with Crippen LogP contribution in [0.5, 0.6) is 5.75 Å². The van der Waals surface area contributed by atoms with E-state index in [-0.39, 0.29) is 12.2 Å². The summed E-state index contributed by atoms with van der Waals surface area (Å²) in [7, 11) is 0. The van der Waals surface area contributed by atoms with Crippen molar-refractivity contribution in [2.75, 3.05) is 0 Å². The molecule has 1 saturated carbocycles. The summed E-state index contributed by atoms with van der Waals surface area (Å²) in [5.41, 5.74) is 0. The molecule has 0 bridgehead atoms. The Morgan fingerprint density at radius 3 is 2.67 bits per heavy atom. The molecule has 82 valence electrons. The molecule has 0 aliphatic heterocycles. The van der Waals surface area contributed by atoms with Crippen LogP contribution in [0.2, 0.25) is 10.0 Å². The van der Waals surface area contributed by atoms with Crippen molar-refractivity contribution >= 4 is 23.2 Å². The van der Waals surface area contributed by atoms with Crippen molar-refractivity contribution in [2.45, 2.75) is 31.5 Å². The van der Waals surface area contributed by atoms with E-state index in [0.717, 1.165) is 19.3 Å². The van der Waals surface area contributed by atoms with Crippen LogP contribution in [0.4, 0.5) is 0 Å². The zero-order valence-electron chi connectivity index (χ0n) is 8.12. The van der Waals surface area contributed by atoms with E-state index in [1.807, 2.05) is 0 Å². The van der Waals surface area contributed by atoms with Gasteiger partial charge in [-0.05, 0) is 37.5 Å². The lowest BCUT2D eigenvalue weighted by molar-refractivity contribution is 0.0605. The minimum absolute atomic E-state index is 0.135. The number of aliphatic hydroxyl groups excluding tert-OH is 1. The predicted molar refractivity (Wildman–Crippen MR) is 60.7 cm³/mol. The maximum absolute atomic E-state index is 9.60. The van der Waals surface area contributed by atoms with Gasteiger partial charge in [0, 0.05) is 5.02 Å². The SMILES string of the molecule is O[C@@H]1CCC[C@H]1Oc1ccc(Cl)cc1Cl. The first-order valence-corrected chi connectivity index (χ1v) is 5.72. The molecule has 1 aliphatic carbocycles. The summed E-state index contributed by atoms with van der Waals surface area (Å²) in [6.07, 6.45) is 2.16. The van der Waals surface area contributed by atoms with Gasteiger partial charge in [0.25, 0.3) is 0 Å². The molecular weight excluding hydrogens is 235 g/mol. The largest absolute Gasteiger partial charge is 0.486 e. The first-order valence-electron chi connectivity index (χ1n) is 4.96. The first kappa shape index (κ1) is 11.1. The fraction of sp³-hybridized carbons (Fsp3) is 0.455. The maximum atomic E-state index is 9.60. The monoisotopic (exact) mass is 246 g/mol. The molecule has 0 heterocycles. The summed E-state index contributed by atoms with van der Waals surface area (Å²) < 4.78 is 5.63. The van der Waals surface area contributed by atoms with E-state index in [0.29, 0.717) is 15.8 Å². The van der Waals surface area contributed by atoms with Gasteiger partial charge in [-0.15, -0.1) is 0 Å². The van der Waals surface area contributed by atoms with E-state index in [2.05, 4.69) is 0 Å². The quantitative estimate of drug-likeness (QED) is 0.868. The molecule has 1 aliphatic rings. The van der Waals surface area contributed by atoms with Gasteiger partial charge in [-0.3, -0.25) is 0 Å². The molecular formula is C11H12Cl2O2. The van der Waals surface area contributed by atoms with Crippen molar-refractivity contribution in [3.8, 4) is 5.75 Å². The average molecular weight is 247 g/mol. The van der Waals surface area contributed by atoms with E-state index in [9.17, 15) is 5.11 Å². The summed E-state index contributed by atoms with van der Waals surface area (Å²) in [5, 5.41) is 10.7. The third kappa shape index (κ3) is 2.57. The van der Waals surface area contributed by atoms with Crippen molar-refractivity contribution in [2.24, 2.45) is 0 Å². The highest BCUT2D eigenvalue weighted by Gasteiger charge is 2.27. The molecule has 2 rings (SSSR count). The number of ether oxygens (including phenoxy) is 1. The van der Waals surface area contributed by atoms with Gasteiger partial charge in [-0.2, -0.15) is 0 Å². The highest BCUT2D eigenvalue weighted by Crippen LogP contribution is 2.31. The number of aliphatic hydroxyl groups is 1. The van der Waals surface area contributed by atoms with Crippen LogP contribution in [-0.4, -0.2) is 17.3 Å². The minimum atomic E-state index is -0.378. The zero-order valence-corrected chi connectivity index (χ0v) is 9.63. The lowest BCUT2D eigenvalue weighted by Gasteiger charge is -2.17. The molecule has 1 fully saturated rings. The lowest BCUT2D eigenvalue weighted by Crippen LogP contribution is -2.25. The van der Waals surface area contributed by atoms with Crippen LogP contribution < -0.4 is 4.74 Å². The summed E-state index contributed by atoms with van der Waals surface area (Å²) in [5.74, 6) is 0.590. The van der Waals surface area contributed by atoms with E-state index in [1.54, 1.807) is 18.2 Å². The Hall–Kier alpha value is -0.440. The van der Waals surface area contributed by atoms with Crippen LogP contribution in [0.25, 0.3) is 0 Å². The normalized spacial score (nSPS) is 25.5. The van der Waals surface area contributed by atoms with Crippen molar-refractivity contribution in [1.82, 2.24) is 0 Å². The smallest absolute Gasteiger partial charge is 0.138 e. The zero-order chi connectivity index (χ0) is 10.8. The third-order valence-electron chi connectivity index (χ3n) is 2.59. The number of rotatable bonds is 2. The van der Waals surface area contributed by atoms with Crippen LogP contribution in [0.1, 0.15) is 19.3 Å². The number of hydrogen-bond acceptors (Lipinski definition) is 2. The van der Waals surface area contributed by atoms with Crippen LogP contribution >= 0.6 is 23.2 Å². The lowest BCUT2D eigenvalue weighted by atomic mass is 10.2. The van der Waals surface area contributed by atoms with Crippen LogP contribution in [-0.2, 0) is 0 Å². The second-order valence-corrected chi connectivity index (χ2v) is 4.57. The van der Waals surface area contributed by atoms with Crippen molar-refractivity contribution < 1.29 is 9.84 Å². The molecule has 0 amide bonds. The van der Waals surface area contributed by atoms with Gasteiger partial charge in [0.05, 0.1) is 11.1 Å². The Morgan fingerprint density at radius 2 is 2.07 bits per heavy atom. The van der Waals surface area contributed by atoms with E-state index >= 15 is 0 Å². The van der Waals surface area contributed by atoms with Gasteiger partial charge in [0.2, 0.25) is 0 Å². The topological polar surface area (TPSA) is 29.5 Å². The Kier molecular flexibility index (Phi) is 3.39. The molecule has 0 aromatic heterocycles. The average Bonchev–Trinajstić information content (AvgIpc) is 2.57. The molecule has 0 radical (unpaired) electrons. The van der Waals surface area contributed by atoms with Crippen molar-refractivity contribution in [3.63, 3.8) is 0 Å². The first-order chi connectivity index (χ1) is 7.16. The molecule has 15 heavy (non-hydrogen) atoms. The summed E-state index contributed by atoms with van der Waals surface area (Å²) in [6, 6.07) is 5.10. The van der Waals surface area contributed by atoms with Gasteiger partial charge in [-0.25, -0.2) is 0 Å². The number of benzene rings is 1. The molecule has 0 saturated heterocycles. The second-order valence-electron chi connectivity index (χ2n) is 3.73. The van der Waals surface area contributed by atoms with E-state index < -0.39 is 0 Å². The van der Waals surface area contributed by atoms with E-state index in [1.165, 1.54) is 0 Å². The molecule has 0 unspecified atom stereocenters. The molecule has 2 nitrogen and oxygen atoms in total. The van der Waals surface area contributed by atoms with Crippen LogP contribution in [0, 0.1) is 0 Å². The third-order valence-corrected chi connectivity index (χ3v) is 3.12. The fourth-order valence-electron chi connectivity index (χ4n) is 1.78. The standard InChI is InChI=1S/C11H12Cl2O2/c12-7-4-5-10(8(13)6-7)15-11-3-1-2-9(11)14/h4-6,9,11,14H,1-3H2/t9-,11-/m1/s1. The van der Waals surface area contributed by atoms with E-state index in [4.69, 9.17) is 27.9 Å². The Morgan fingerprint density at radius 1 is 1.27 bits per heavy atom. The van der Waals surface area contributed by atoms with Gasteiger partial charge in [-0.1, -0.05) is 23.2 Å². The van der Waals surface area contributed by atoms with Gasteiger partial charge in [0.1, 0.15) is 11.9 Å². The highest BCUT2D eigenvalue weighted by molar-refractivity contribution is 6.35. The van der Waals surface area contributed by atoms with Gasteiger partial charge >= 0.3 is 0 Å². The Balaban J connectivity index is 2.10. The molecule has 2 atom stereocenters. The minimum Gasteiger partial charge on any atom is -0.486 e. The molecule has 4 heteroatoms. The van der Waals surface area contributed by atoms with Crippen LogP contribution in [0.15, 0.2) is 18.2 Å². The Labute approximate surface area is 98.8 Å². The summed E-state index contributed by atoms with van der Waals surface area (Å²) >= 11 is 11.7. The van der Waals surface area contributed by atoms with Gasteiger partial charge < -0.3 is 9.84 Å². The number of hydrogen-bond donors (Lipinski definition) is 1. The molecule has 1 N–H and O–H groups in total. The van der Waals surface area contributed by atoms with Gasteiger partial charge in [0.15, 0.2) is 0 Å². The molecule has 1 aromatic carbocycles. The summed E-state index contributed by atoms with van der Waals surface area (Å²) in [6.45, 7) is 0. The van der Waals surface area contributed by atoms with Crippen LogP contribution in [0.3, 0.4) is 0 Å². The fourth-order valence-corrected chi connectivity index (χ4v) is 2.23. The highest BCUT2D eigenvalue weighted by atomic mass is 35.5. The summed E-state index contributed by atoms with van der Waals surface area (Å²) in [4.78, 5) is 0. The van der Waals surface area contributed by atoms with Crippen molar-refractivity contribution in [3.05, 3.63) is 28.2 Å². The molecule has 1 aromatic rings.